The van der Waals surface area contributed by atoms with E-state index in [2.05, 4.69) is 38.0 Å². The molecule has 146 valence electrons. The summed E-state index contributed by atoms with van der Waals surface area (Å²) in [6, 6.07) is 10.0. The number of hydrogen-bond acceptors (Lipinski definition) is 5. The highest BCUT2D eigenvalue weighted by atomic mass is 32.1. The molecule has 0 unspecified atom stereocenters. The summed E-state index contributed by atoms with van der Waals surface area (Å²) in [5, 5.41) is 4.59. The summed E-state index contributed by atoms with van der Waals surface area (Å²) in [4.78, 5) is 7.99. The molecule has 1 aromatic carbocycles. The van der Waals surface area contributed by atoms with Crippen LogP contribution in [-0.4, -0.2) is 57.5 Å². The first-order valence-corrected chi connectivity index (χ1v) is 10.8. The van der Waals surface area contributed by atoms with Gasteiger partial charge in [0, 0.05) is 37.5 Å². The molecule has 0 radical (unpaired) electrons. The van der Waals surface area contributed by atoms with Crippen molar-refractivity contribution in [3.8, 4) is 10.6 Å². The summed E-state index contributed by atoms with van der Waals surface area (Å²) in [5.41, 5.74) is 2.27. The highest BCUT2D eigenvalue weighted by Crippen LogP contribution is 2.33. The van der Waals surface area contributed by atoms with Gasteiger partial charge in [-0.2, -0.15) is 0 Å². The SMILES string of the molecule is Fc1cc(N2CCCNCC2)cc2sc3cc(=[N+]4CCOCC4)ccc-3nc12. The van der Waals surface area contributed by atoms with Crippen LogP contribution in [-0.2, 0) is 4.74 Å². The van der Waals surface area contributed by atoms with Crippen LogP contribution >= 0.6 is 11.3 Å². The minimum absolute atomic E-state index is 0.236. The number of benzene rings is 2. The normalized spacial score (nSPS) is 18.6. The summed E-state index contributed by atoms with van der Waals surface area (Å²) in [6.07, 6.45) is 1.07. The van der Waals surface area contributed by atoms with Crippen molar-refractivity contribution in [1.29, 1.82) is 0 Å². The quantitative estimate of drug-likeness (QED) is 0.503. The van der Waals surface area contributed by atoms with Crippen LogP contribution in [0.15, 0.2) is 30.3 Å². The van der Waals surface area contributed by atoms with E-state index in [0.717, 1.165) is 79.9 Å². The number of fused-ring (bicyclic) bond motifs is 2. The number of nitrogens with zero attached hydrogens (tertiary/aromatic N) is 3. The minimum Gasteiger partial charge on any atom is -0.370 e. The van der Waals surface area contributed by atoms with Crippen molar-refractivity contribution in [3.63, 3.8) is 0 Å². The van der Waals surface area contributed by atoms with E-state index in [9.17, 15) is 4.39 Å². The van der Waals surface area contributed by atoms with Crippen molar-refractivity contribution in [1.82, 2.24) is 14.9 Å². The Balaban J connectivity index is 1.62. The molecule has 0 spiro atoms. The lowest BCUT2D eigenvalue weighted by Gasteiger charge is -2.23. The standard InChI is InChI=1S/C21H24FN4OS/c22-17-12-16(25-6-1-4-23-5-7-25)14-20-21(17)24-18-3-2-15(13-19(18)28-20)26-8-10-27-11-9-26/h2-3,12-14,23H,1,4-11H2/q+1. The van der Waals surface area contributed by atoms with Crippen molar-refractivity contribution < 1.29 is 9.13 Å². The monoisotopic (exact) mass is 399 g/mol. The van der Waals surface area contributed by atoms with Crippen molar-refractivity contribution in [3.05, 3.63) is 41.5 Å². The maximum absolute atomic E-state index is 14.9. The van der Waals surface area contributed by atoms with Gasteiger partial charge in [0.1, 0.15) is 18.7 Å². The highest BCUT2D eigenvalue weighted by Gasteiger charge is 2.17. The molecular weight excluding hydrogens is 375 g/mol. The Kier molecular flexibility index (Phi) is 4.96. The number of hydrogen-bond donors (Lipinski definition) is 1. The third kappa shape index (κ3) is 3.50. The molecule has 2 fully saturated rings. The molecule has 5 rings (SSSR count). The zero-order valence-corrected chi connectivity index (χ0v) is 16.6. The Morgan fingerprint density at radius 1 is 1.11 bits per heavy atom. The van der Waals surface area contributed by atoms with Gasteiger partial charge in [0.25, 0.3) is 0 Å². The van der Waals surface area contributed by atoms with Crippen molar-refractivity contribution in [2.24, 2.45) is 0 Å². The van der Waals surface area contributed by atoms with Gasteiger partial charge in [0.2, 0.25) is 5.36 Å². The molecule has 5 nitrogen and oxygen atoms in total. The predicted molar refractivity (Wildman–Crippen MR) is 112 cm³/mol. The van der Waals surface area contributed by atoms with Crippen LogP contribution < -0.4 is 20.1 Å². The van der Waals surface area contributed by atoms with E-state index in [0.29, 0.717) is 5.52 Å². The van der Waals surface area contributed by atoms with Gasteiger partial charge in [-0.1, -0.05) is 0 Å². The lowest BCUT2D eigenvalue weighted by Crippen LogP contribution is -2.39. The lowest BCUT2D eigenvalue weighted by atomic mass is 10.2. The first kappa shape index (κ1) is 18.0. The smallest absolute Gasteiger partial charge is 0.201 e. The van der Waals surface area contributed by atoms with E-state index >= 15 is 0 Å². The molecule has 28 heavy (non-hydrogen) atoms. The Bertz CT molecular complexity index is 1030. The zero-order chi connectivity index (χ0) is 18.9. The predicted octanol–water partition coefficient (Wildman–Crippen LogP) is 2.14. The van der Waals surface area contributed by atoms with Gasteiger partial charge in [-0.15, -0.1) is 11.3 Å². The number of ether oxygens (including phenoxy) is 1. The van der Waals surface area contributed by atoms with Crippen LogP contribution in [0, 0.1) is 5.82 Å². The van der Waals surface area contributed by atoms with Crippen LogP contribution in [0.1, 0.15) is 6.42 Å². The van der Waals surface area contributed by atoms with Crippen LogP contribution in [0.3, 0.4) is 0 Å². The average Bonchev–Trinajstić information content (AvgIpc) is 3.02. The van der Waals surface area contributed by atoms with E-state index in [1.165, 1.54) is 5.36 Å². The lowest BCUT2D eigenvalue weighted by molar-refractivity contribution is 0.0966. The molecule has 0 saturated carbocycles. The van der Waals surface area contributed by atoms with Crippen LogP contribution in [0.2, 0.25) is 0 Å². The van der Waals surface area contributed by atoms with Gasteiger partial charge in [-0.25, -0.2) is 13.9 Å². The maximum Gasteiger partial charge on any atom is 0.201 e. The molecule has 3 aliphatic heterocycles. The Labute approximate surface area is 167 Å². The van der Waals surface area contributed by atoms with Gasteiger partial charge >= 0.3 is 0 Å². The largest absolute Gasteiger partial charge is 0.370 e. The molecule has 3 heterocycles. The number of anilines is 1. The molecule has 4 aliphatic rings. The molecule has 0 amide bonds. The molecule has 1 N–H and O–H groups in total. The van der Waals surface area contributed by atoms with E-state index < -0.39 is 0 Å². The second-order valence-corrected chi connectivity index (χ2v) is 8.41. The van der Waals surface area contributed by atoms with Gasteiger partial charge < -0.3 is 15.0 Å². The topological polar surface area (TPSA) is 40.4 Å². The van der Waals surface area contributed by atoms with Gasteiger partial charge in [-0.3, -0.25) is 0 Å². The molecule has 1 aliphatic carbocycles. The first-order valence-electron chi connectivity index (χ1n) is 9.93. The third-order valence-electron chi connectivity index (χ3n) is 5.49. The fourth-order valence-corrected chi connectivity index (χ4v) is 5.02. The zero-order valence-electron chi connectivity index (χ0n) is 15.8. The second kappa shape index (κ2) is 7.73. The van der Waals surface area contributed by atoms with E-state index in [1.54, 1.807) is 17.4 Å². The molecule has 0 atom stereocenters. The average molecular weight is 400 g/mol. The van der Waals surface area contributed by atoms with Crippen molar-refractivity contribution in [2.75, 3.05) is 57.4 Å². The van der Waals surface area contributed by atoms with Crippen LogP contribution in [0.5, 0.6) is 0 Å². The van der Waals surface area contributed by atoms with E-state index in [1.807, 2.05) is 6.07 Å². The number of morpholine rings is 1. The fraction of sp³-hybridized carbons (Fsp3) is 0.429. The maximum atomic E-state index is 14.9. The van der Waals surface area contributed by atoms with Gasteiger partial charge in [0.05, 0.1) is 15.3 Å². The van der Waals surface area contributed by atoms with E-state index in [-0.39, 0.29) is 5.82 Å². The van der Waals surface area contributed by atoms with E-state index in [4.69, 9.17) is 4.74 Å². The highest BCUT2D eigenvalue weighted by molar-refractivity contribution is 7.21. The summed E-state index contributed by atoms with van der Waals surface area (Å²) >= 11 is 1.62. The molecule has 1 aromatic rings. The number of nitrogens with one attached hydrogen (secondary N) is 1. The number of aromatic nitrogens is 1. The summed E-state index contributed by atoms with van der Waals surface area (Å²) < 4.78 is 23.6. The number of rotatable bonds is 1. The Hall–Kier alpha value is -2.09. The molecule has 0 aromatic heterocycles. The van der Waals surface area contributed by atoms with Crippen molar-refractivity contribution >= 4 is 27.2 Å². The van der Waals surface area contributed by atoms with Gasteiger partial charge in [-0.05, 0) is 31.2 Å². The third-order valence-corrected chi connectivity index (χ3v) is 6.57. The summed E-state index contributed by atoms with van der Waals surface area (Å²) in [5.74, 6) is -0.236. The Morgan fingerprint density at radius 2 is 2.00 bits per heavy atom. The molecule has 0 bridgehead atoms. The van der Waals surface area contributed by atoms with Crippen LogP contribution in [0.25, 0.3) is 20.8 Å². The fourth-order valence-electron chi connectivity index (χ4n) is 3.97. The Morgan fingerprint density at radius 3 is 2.89 bits per heavy atom. The first-order chi connectivity index (χ1) is 13.8. The molecule has 7 heteroatoms. The number of halogens is 1. The summed E-state index contributed by atoms with van der Waals surface area (Å²) in [7, 11) is 0. The molecule has 2 saturated heterocycles. The van der Waals surface area contributed by atoms with Crippen LogP contribution in [0.4, 0.5) is 10.1 Å². The van der Waals surface area contributed by atoms with Crippen molar-refractivity contribution in [2.45, 2.75) is 6.42 Å². The molecular formula is C21H24FN4OS+. The minimum atomic E-state index is -0.236. The summed E-state index contributed by atoms with van der Waals surface area (Å²) in [6.45, 7) is 7.13. The second-order valence-electron chi connectivity index (χ2n) is 7.33. The van der Waals surface area contributed by atoms with Gasteiger partial charge in [0.15, 0.2) is 18.9 Å².